The first-order valence-electron chi connectivity index (χ1n) is 10.5. The van der Waals surface area contributed by atoms with Gasteiger partial charge >= 0.3 is 0 Å². The van der Waals surface area contributed by atoms with Crippen molar-refractivity contribution in [2.75, 3.05) is 17.1 Å². The molecule has 8 heteroatoms. The quantitative estimate of drug-likeness (QED) is 0.490. The largest absolute Gasteiger partial charge is 0.345 e. The first-order valence-corrected chi connectivity index (χ1v) is 12.3. The molecule has 0 aliphatic rings. The van der Waals surface area contributed by atoms with Crippen LogP contribution in [0.2, 0.25) is 0 Å². The molecule has 0 heterocycles. The van der Waals surface area contributed by atoms with Gasteiger partial charge in [0.25, 0.3) is 0 Å². The van der Waals surface area contributed by atoms with Crippen molar-refractivity contribution in [1.82, 2.24) is 5.32 Å². The summed E-state index contributed by atoms with van der Waals surface area (Å²) in [5.74, 6) is -2.44. The van der Waals surface area contributed by atoms with Gasteiger partial charge in [0, 0.05) is 19.0 Å². The van der Waals surface area contributed by atoms with Gasteiger partial charge in [0.05, 0.1) is 18.0 Å². The molecule has 1 N–H and O–H groups in total. The topological polar surface area (TPSA) is 66.5 Å². The van der Waals surface area contributed by atoms with Crippen LogP contribution in [0.4, 0.5) is 14.5 Å². The second kappa shape index (κ2) is 10.6. The molecule has 3 aromatic carbocycles. The number of nitrogens with one attached hydrogen (secondary N) is 1. The molecule has 0 aliphatic carbocycles. The minimum Gasteiger partial charge on any atom is -0.345 e. The van der Waals surface area contributed by atoms with E-state index in [9.17, 15) is 22.0 Å². The second-order valence-corrected chi connectivity index (χ2v) is 9.77. The van der Waals surface area contributed by atoms with E-state index in [0.717, 1.165) is 39.4 Å². The van der Waals surface area contributed by atoms with Crippen molar-refractivity contribution in [2.45, 2.75) is 25.8 Å². The Bertz CT molecular complexity index is 1220. The summed E-state index contributed by atoms with van der Waals surface area (Å²) in [5.41, 5.74) is 2.95. The van der Waals surface area contributed by atoms with Gasteiger partial charge < -0.3 is 5.32 Å². The Labute approximate surface area is 193 Å². The predicted octanol–water partition coefficient (Wildman–Crippen LogP) is 4.73. The molecule has 33 heavy (non-hydrogen) atoms. The number of halogens is 2. The lowest BCUT2D eigenvalue weighted by molar-refractivity contribution is -0.121. The van der Waals surface area contributed by atoms with Crippen LogP contribution in [-0.2, 0) is 14.8 Å². The minimum atomic E-state index is -3.75. The minimum absolute atomic E-state index is 0.0127. The van der Waals surface area contributed by atoms with Crippen molar-refractivity contribution in [2.24, 2.45) is 0 Å². The molecule has 0 bridgehead atoms. The number of rotatable bonds is 9. The van der Waals surface area contributed by atoms with Crippen LogP contribution < -0.4 is 9.62 Å². The monoisotopic (exact) mass is 472 g/mol. The standard InChI is InChI=1S/C25H26F2N2O3S/c1-18-8-6-11-20(16-18)25(19-9-4-3-5-10-19)28-24(30)12-7-15-29(33(2,31)32)21-13-14-22(26)23(27)17-21/h3-6,8-11,13-14,16-17,25H,7,12,15H2,1-2H3,(H,28,30). The summed E-state index contributed by atoms with van der Waals surface area (Å²) in [6.07, 6.45) is 1.25. The van der Waals surface area contributed by atoms with Crippen LogP contribution in [0.15, 0.2) is 72.8 Å². The first kappa shape index (κ1) is 24.4. The molecule has 5 nitrogen and oxygen atoms in total. The normalized spacial score (nSPS) is 12.2. The van der Waals surface area contributed by atoms with Crippen LogP contribution >= 0.6 is 0 Å². The Kier molecular flexibility index (Phi) is 7.81. The van der Waals surface area contributed by atoms with Crippen LogP contribution in [0.5, 0.6) is 0 Å². The first-order chi connectivity index (χ1) is 15.6. The number of sulfonamides is 1. The molecule has 0 fully saturated rings. The summed E-state index contributed by atoms with van der Waals surface area (Å²) in [7, 11) is -3.75. The number of hydrogen-bond donors (Lipinski definition) is 1. The maximum atomic E-state index is 13.6. The van der Waals surface area contributed by atoms with Crippen LogP contribution in [0.1, 0.15) is 35.6 Å². The lowest BCUT2D eigenvalue weighted by Crippen LogP contribution is -2.33. The highest BCUT2D eigenvalue weighted by molar-refractivity contribution is 7.92. The van der Waals surface area contributed by atoms with Crippen molar-refractivity contribution in [3.8, 4) is 0 Å². The molecule has 1 unspecified atom stereocenters. The number of anilines is 1. The fourth-order valence-electron chi connectivity index (χ4n) is 3.60. The molecule has 0 aromatic heterocycles. The Morgan fingerprint density at radius 2 is 1.64 bits per heavy atom. The summed E-state index contributed by atoms with van der Waals surface area (Å²) < 4.78 is 52.2. The Morgan fingerprint density at radius 3 is 2.27 bits per heavy atom. The zero-order chi connectivity index (χ0) is 24.0. The van der Waals surface area contributed by atoms with Crippen molar-refractivity contribution in [3.63, 3.8) is 0 Å². The van der Waals surface area contributed by atoms with Gasteiger partial charge in [-0.05, 0) is 36.6 Å². The molecule has 0 saturated carbocycles. The number of aryl methyl sites for hydroxylation is 1. The van der Waals surface area contributed by atoms with Crippen LogP contribution in [-0.4, -0.2) is 27.1 Å². The maximum Gasteiger partial charge on any atom is 0.232 e. The van der Waals surface area contributed by atoms with Gasteiger partial charge in [-0.3, -0.25) is 9.10 Å². The highest BCUT2D eigenvalue weighted by Gasteiger charge is 2.21. The van der Waals surface area contributed by atoms with Crippen molar-refractivity contribution < 1.29 is 22.0 Å². The summed E-state index contributed by atoms with van der Waals surface area (Å²) in [6, 6.07) is 20.0. The van der Waals surface area contributed by atoms with E-state index in [-0.39, 0.29) is 37.0 Å². The number of benzene rings is 3. The van der Waals surface area contributed by atoms with Crippen LogP contribution in [0.25, 0.3) is 0 Å². The number of nitrogens with zero attached hydrogens (tertiary/aromatic N) is 1. The second-order valence-electron chi connectivity index (χ2n) is 7.86. The average molecular weight is 473 g/mol. The van der Waals surface area contributed by atoms with E-state index < -0.39 is 21.7 Å². The third-order valence-electron chi connectivity index (χ3n) is 5.17. The van der Waals surface area contributed by atoms with E-state index in [2.05, 4.69) is 5.32 Å². The molecule has 3 aromatic rings. The molecule has 0 saturated heterocycles. The van der Waals surface area contributed by atoms with Crippen molar-refractivity contribution >= 4 is 21.6 Å². The third-order valence-corrected chi connectivity index (χ3v) is 6.36. The summed E-state index contributed by atoms with van der Waals surface area (Å²) in [6.45, 7) is 1.93. The molecule has 3 rings (SSSR count). The van der Waals surface area contributed by atoms with Gasteiger partial charge in [-0.15, -0.1) is 0 Å². The molecule has 0 radical (unpaired) electrons. The number of hydrogen-bond acceptors (Lipinski definition) is 3. The van der Waals surface area contributed by atoms with Gasteiger partial charge in [0.15, 0.2) is 11.6 Å². The predicted molar refractivity (Wildman–Crippen MR) is 125 cm³/mol. The summed E-state index contributed by atoms with van der Waals surface area (Å²) in [5, 5.41) is 3.03. The average Bonchev–Trinajstić information content (AvgIpc) is 2.77. The van der Waals surface area contributed by atoms with Crippen LogP contribution in [0.3, 0.4) is 0 Å². The van der Waals surface area contributed by atoms with E-state index in [0.29, 0.717) is 0 Å². The van der Waals surface area contributed by atoms with Gasteiger partial charge in [-0.25, -0.2) is 17.2 Å². The van der Waals surface area contributed by atoms with E-state index >= 15 is 0 Å². The summed E-state index contributed by atoms with van der Waals surface area (Å²) >= 11 is 0. The van der Waals surface area contributed by atoms with Crippen molar-refractivity contribution in [3.05, 3.63) is 101 Å². The number of carbonyl (C=O) groups is 1. The van der Waals surface area contributed by atoms with Gasteiger partial charge in [-0.2, -0.15) is 0 Å². The third kappa shape index (κ3) is 6.61. The zero-order valence-electron chi connectivity index (χ0n) is 18.5. The van der Waals surface area contributed by atoms with Gasteiger partial charge in [0.2, 0.25) is 15.9 Å². The molecule has 1 atom stereocenters. The zero-order valence-corrected chi connectivity index (χ0v) is 19.3. The highest BCUT2D eigenvalue weighted by Crippen LogP contribution is 2.24. The lowest BCUT2D eigenvalue weighted by atomic mass is 9.97. The molecule has 174 valence electrons. The molecule has 1 amide bonds. The van der Waals surface area contributed by atoms with Gasteiger partial charge in [-0.1, -0.05) is 60.2 Å². The maximum absolute atomic E-state index is 13.6. The Hall–Kier alpha value is -3.26. The number of amides is 1. The van der Waals surface area contributed by atoms with E-state index in [1.165, 1.54) is 6.07 Å². The number of carbonyl (C=O) groups excluding carboxylic acids is 1. The fraction of sp³-hybridized carbons (Fsp3) is 0.240. The smallest absolute Gasteiger partial charge is 0.232 e. The Morgan fingerprint density at radius 1 is 0.939 bits per heavy atom. The molecular weight excluding hydrogens is 446 g/mol. The molecular formula is C25H26F2N2O3S. The van der Waals surface area contributed by atoms with Crippen molar-refractivity contribution in [1.29, 1.82) is 0 Å². The van der Waals surface area contributed by atoms with E-state index in [1.54, 1.807) is 0 Å². The Balaban J connectivity index is 1.70. The highest BCUT2D eigenvalue weighted by atomic mass is 32.2. The fourth-order valence-corrected chi connectivity index (χ4v) is 4.55. The summed E-state index contributed by atoms with van der Waals surface area (Å²) in [4.78, 5) is 12.8. The van der Waals surface area contributed by atoms with Gasteiger partial charge in [0.1, 0.15) is 0 Å². The SMILES string of the molecule is Cc1cccc(C(NC(=O)CCCN(c2ccc(F)c(F)c2)S(C)(=O)=O)c2ccccc2)c1. The lowest BCUT2D eigenvalue weighted by Gasteiger charge is -2.23. The van der Waals surface area contributed by atoms with E-state index in [1.807, 2.05) is 61.5 Å². The van der Waals surface area contributed by atoms with E-state index in [4.69, 9.17) is 0 Å². The van der Waals surface area contributed by atoms with Crippen LogP contribution in [0, 0.1) is 18.6 Å². The molecule has 0 spiro atoms. The molecule has 0 aliphatic heterocycles.